The van der Waals surface area contributed by atoms with E-state index in [-0.39, 0.29) is 11.0 Å². The van der Waals surface area contributed by atoms with Crippen LogP contribution in [0.15, 0.2) is 42.0 Å². The van der Waals surface area contributed by atoms with E-state index in [2.05, 4.69) is 9.97 Å². The van der Waals surface area contributed by atoms with Crippen LogP contribution >= 0.6 is 11.6 Å². The summed E-state index contributed by atoms with van der Waals surface area (Å²) < 4.78 is 10.4. The number of methoxy groups -OCH3 is 2. The first kappa shape index (κ1) is 16.1. The van der Waals surface area contributed by atoms with Crippen LogP contribution in [0.3, 0.4) is 0 Å². The topological polar surface area (TPSA) is 64.5 Å². The number of allylic oxidation sites excluding steroid dienone is 3. The second-order valence-corrected chi connectivity index (χ2v) is 4.99. The molecule has 0 unspecified atom stereocenters. The van der Waals surface area contributed by atoms with Crippen LogP contribution < -0.4 is 0 Å². The third kappa shape index (κ3) is 3.89. The Morgan fingerprint density at radius 3 is 2.77 bits per heavy atom. The predicted octanol–water partition coefficient (Wildman–Crippen LogP) is 3.61. The van der Waals surface area contributed by atoms with Gasteiger partial charge in [-0.15, -0.1) is 0 Å². The zero-order valence-electron chi connectivity index (χ0n) is 12.6. The first-order valence-electron chi connectivity index (χ1n) is 6.64. The summed E-state index contributed by atoms with van der Waals surface area (Å²) in [5.74, 6) is 1.55. The molecule has 0 aliphatic carbocycles. The number of phenols is 1. The van der Waals surface area contributed by atoms with E-state index in [9.17, 15) is 5.11 Å². The van der Waals surface area contributed by atoms with Crippen LogP contribution in [0.1, 0.15) is 12.5 Å². The van der Waals surface area contributed by atoms with Crippen molar-refractivity contribution in [3.8, 4) is 5.75 Å². The molecule has 0 aliphatic heterocycles. The van der Waals surface area contributed by atoms with Crippen molar-refractivity contribution < 1.29 is 14.6 Å². The minimum Gasteiger partial charge on any atom is -0.508 e. The molecule has 2 rings (SSSR count). The minimum absolute atomic E-state index is 0.154. The first-order valence-corrected chi connectivity index (χ1v) is 7.02. The Bertz CT molecular complexity index is 741. The molecule has 0 fully saturated rings. The summed E-state index contributed by atoms with van der Waals surface area (Å²) in [7, 11) is 3.18. The second-order valence-electron chi connectivity index (χ2n) is 4.65. The maximum Gasteiger partial charge on any atom is 0.222 e. The van der Waals surface area contributed by atoms with E-state index in [1.54, 1.807) is 32.6 Å². The number of fused-ring (bicyclic) bond motifs is 1. The van der Waals surface area contributed by atoms with Gasteiger partial charge < -0.3 is 14.6 Å². The lowest BCUT2D eigenvalue weighted by atomic mass is 10.1. The number of nitrogens with zero attached hydrogens (tertiary/aromatic N) is 2. The molecule has 0 saturated carbocycles. The van der Waals surface area contributed by atoms with Crippen molar-refractivity contribution in [3.63, 3.8) is 0 Å². The van der Waals surface area contributed by atoms with Gasteiger partial charge >= 0.3 is 0 Å². The average molecular weight is 321 g/mol. The lowest BCUT2D eigenvalue weighted by Crippen LogP contribution is -1.91. The van der Waals surface area contributed by atoms with E-state index in [4.69, 9.17) is 21.1 Å². The van der Waals surface area contributed by atoms with Crippen LogP contribution in [0.2, 0.25) is 5.28 Å². The van der Waals surface area contributed by atoms with E-state index >= 15 is 0 Å². The second kappa shape index (κ2) is 7.13. The summed E-state index contributed by atoms with van der Waals surface area (Å²) in [6.45, 7) is 1.83. The summed E-state index contributed by atoms with van der Waals surface area (Å²) in [4.78, 5) is 8.01. The number of aromatic hydroxyl groups is 1. The molecule has 1 aromatic carbocycles. The zero-order valence-corrected chi connectivity index (χ0v) is 13.4. The van der Waals surface area contributed by atoms with Gasteiger partial charge in [0.1, 0.15) is 11.5 Å². The Hall–Kier alpha value is -2.27. The molecule has 5 nitrogen and oxygen atoms in total. The molecule has 0 radical (unpaired) electrons. The molecule has 6 heteroatoms. The largest absolute Gasteiger partial charge is 0.508 e. The molecule has 22 heavy (non-hydrogen) atoms. The smallest absolute Gasteiger partial charge is 0.222 e. The third-order valence-corrected chi connectivity index (χ3v) is 3.36. The number of hydrogen-bond acceptors (Lipinski definition) is 5. The van der Waals surface area contributed by atoms with Gasteiger partial charge in [-0.2, -0.15) is 0 Å². The molecule has 1 heterocycles. The lowest BCUT2D eigenvalue weighted by Gasteiger charge is -2.06. The molecular weight excluding hydrogens is 304 g/mol. The van der Waals surface area contributed by atoms with Crippen molar-refractivity contribution >= 4 is 22.5 Å². The maximum atomic E-state index is 10.1. The summed E-state index contributed by atoms with van der Waals surface area (Å²) in [5, 5.41) is 11.1. The van der Waals surface area contributed by atoms with Crippen molar-refractivity contribution in [1.82, 2.24) is 9.97 Å². The summed E-state index contributed by atoms with van der Waals surface area (Å²) in [5.41, 5.74) is 1.35. The van der Waals surface area contributed by atoms with Crippen LogP contribution in [0, 0.1) is 0 Å². The number of halogens is 1. The van der Waals surface area contributed by atoms with Crippen molar-refractivity contribution in [2.75, 3.05) is 14.2 Å². The van der Waals surface area contributed by atoms with Gasteiger partial charge in [0.15, 0.2) is 0 Å². The number of benzene rings is 1. The molecular formula is C16H17ClN2O3. The van der Waals surface area contributed by atoms with E-state index < -0.39 is 0 Å². The highest BCUT2D eigenvalue weighted by molar-refractivity contribution is 6.28. The van der Waals surface area contributed by atoms with Gasteiger partial charge in [-0.3, -0.25) is 0 Å². The first-order chi connectivity index (χ1) is 10.5. The molecule has 1 N–H and O–H groups in total. The average Bonchev–Trinajstić information content (AvgIpc) is 2.51. The van der Waals surface area contributed by atoms with E-state index in [0.29, 0.717) is 17.7 Å². The van der Waals surface area contributed by atoms with Crippen LogP contribution in [0.25, 0.3) is 10.9 Å². The zero-order chi connectivity index (χ0) is 16.1. The molecule has 0 atom stereocenters. The van der Waals surface area contributed by atoms with Gasteiger partial charge in [-0.25, -0.2) is 9.97 Å². The lowest BCUT2D eigenvalue weighted by molar-refractivity contribution is 0.276. The van der Waals surface area contributed by atoms with Gasteiger partial charge in [0.05, 0.1) is 25.5 Å². The highest BCUT2D eigenvalue weighted by Gasteiger charge is 2.06. The monoisotopic (exact) mass is 320 g/mol. The Kier molecular flexibility index (Phi) is 5.22. The summed E-state index contributed by atoms with van der Waals surface area (Å²) in [6.07, 6.45) is 5.77. The van der Waals surface area contributed by atoms with Crippen molar-refractivity contribution in [1.29, 1.82) is 0 Å². The van der Waals surface area contributed by atoms with Gasteiger partial charge in [-0.1, -0.05) is 0 Å². The number of rotatable bonds is 5. The molecule has 0 amide bonds. The van der Waals surface area contributed by atoms with Gasteiger partial charge in [-0.05, 0) is 42.7 Å². The highest BCUT2D eigenvalue weighted by atomic mass is 35.5. The summed E-state index contributed by atoms with van der Waals surface area (Å²) in [6, 6.07) is 3.41. The molecule has 0 bridgehead atoms. The fourth-order valence-corrected chi connectivity index (χ4v) is 2.07. The van der Waals surface area contributed by atoms with Crippen LogP contribution in [-0.2, 0) is 15.9 Å². The standard InChI is InChI=1S/C16H17ClN2O3/c1-10(21-2)6-13(22-3)5-4-11-7-12-9-18-16(17)19-14(12)8-15(11)20/h5-9,20H,4H2,1-3H3/b10-6+,13-5+. The number of phenolic OH excluding ortho intramolecular Hbond substituents is 1. The minimum atomic E-state index is 0.154. The Balaban J connectivity index is 2.31. The Morgan fingerprint density at radius 2 is 2.09 bits per heavy atom. The van der Waals surface area contributed by atoms with Gasteiger partial charge in [0.2, 0.25) is 5.28 Å². The van der Waals surface area contributed by atoms with E-state index in [0.717, 1.165) is 16.7 Å². The van der Waals surface area contributed by atoms with Gasteiger partial charge in [0, 0.05) is 23.7 Å². The fourth-order valence-electron chi connectivity index (χ4n) is 1.93. The predicted molar refractivity (Wildman–Crippen MR) is 85.8 cm³/mol. The van der Waals surface area contributed by atoms with E-state index in [1.165, 1.54) is 0 Å². The Labute approximate surface area is 133 Å². The van der Waals surface area contributed by atoms with Crippen LogP contribution in [0.5, 0.6) is 5.75 Å². The fraction of sp³-hybridized carbons (Fsp3) is 0.250. The number of ether oxygens (including phenoxy) is 2. The van der Waals surface area contributed by atoms with Crippen LogP contribution in [-0.4, -0.2) is 29.3 Å². The van der Waals surface area contributed by atoms with E-state index in [1.807, 2.05) is 19.1 Å². The third-order valence-electron chi connectivity index (χ3n) is 3.18. The summed E-state index contributed by atoms with van der Waals surface area (Å²) >= 11 is 5.75. The maximum absolute atomic E-state index is 10.1. The van der Waals surface area contributed by atoms with Gasteiger partial charge in [0.25, 0.3) is 0 Å². The number of hydrogen-bond donors (Lipinski definition) is 1. The van der Waals surface area contributed by atoms with Crippen molar-refractivity contribution in [3.05, 3.63) is 52.8 Å². The molecule has 0 spiro atoms. The molecule has 1 aromatic heterocycles. The number of aromatic nitrogens is 2. The molecule has 2 aromatic rings. The normalized spacial score (nSPS) is 12.5. The SMILES string of the molecule is CO/C(C)=C/C(=C\Cc1cc2cnc(Cl)nc2cc1O)OC. The van der Waals surface area contributed by atoms with Crippen LogP contribution in [0.4, 0.5) is 0 Å². The van der Waals surface area contributed by atoms with Crippen molar-refractivity contribution in [2.24, 2.45) is 0 Å². The highest BCUT2D eigenvalue weighted by Crippen LogP contribution is 2.25. The Morgan fingerprint density at radius 1 is 1.32 bits per heavy atom. The van der Waals surface area contributed by atoms with Crippen molar-refractivity contribution in [2.45, 2.75) is 13.3 Å². The molecule has 0 aliphatic rings. The molecule has 116 valence electrons. The molecule has 0 saturated heterocycles. The quantitative estimate of drug-likeness (QED) is 0.518.